The molecular formula is C27H31ClN2O3. The van der Waals surface area contributed by atoms with Crippen LogP contribution < -0.4 is 10.1 Å². The van der Waals surface area contributed by atoms with E-state index in [2.05, 4.69) is 12.2 Å². The second kappa shape index (κ2) is 12.3. The number of nitrogens with one attached hydrogen (secondary N) is 1. The number of ether oxygens (including phenoxy) is 1. The first kappa shape index (κ1) is 24.6. The number of hydrogen-bond donors (Lipinski definition) is 1. The zero-order chi connectivity index (χ0) is 23.6. The van der Waals surface area contributed by atoms with Gasteiger partial charge in [0.15, 0.2) is 6.61 Å². The van der Waals surface area contributed by atoms with Crippen LogP contribution in [0.15, 0.2) is 66.7 Å². The highest BCUT2D eigenvalue weighted by molar-refractivity contribution is 6.30. The van der Waals surface area contributed by atoms with Crippen LogP contribution in [-0.2, 0) is 16.1 Å². The largest absolute Gasteiger partial charge is 0.483 e. The minimum Gasteiger partial charge on any atom is -0.483 e. The van der Waals surface area contributed by atoms with Crippen molar-refractivity contribution in [3.05, 3.63) is 77.3 Å². The highest BCUT2D eigenvalue weighted by atomic mass is 35.5. The summed E-state index contributed by atoms with van der Waals surface area (Å²) < 4.78 is 5.95. The molecule has 6 heteroatoms. The molecule has 3 aromatic carbocycles. The Hall–Kier alpha value is -3.05. The summed E-state index contributed by atoms with van der Waals surface area (Å²) in [7, 11) is 0. The molecule has 0 bridgehead atoms. The summed E-state index contributed by atoms with van der Waals surface area (Å²) in [5.74, 6) is 0.266. The number of rotatable bonds is 11. The molecule has 0 heterocycles. The summed E-state index contributed by atoms with van der Waals surface area (Å²) in [6.07, 6.45) is 2.40. The average Bonchev–Trinajstić information content (AvgIpc) is 2.83. The van der Waals surface area contributed by atoms with Gasteiger partial charge in [-0.05, 0) is 42.0 Å². The Labute approximate surface area is 200 Å². The van der Waals surface area contributed by atoms with E-state index < -0.39 is 6.04 Å². The van der Waals surface area contributed by atoms with Crippen molar-refractivity contribution in [3.63, 3.8) is 0 Å². The second-order valence-corrected chi connectivity index (χ2v) is 8.42. The van der Waals surface area contributed by atoms with Gasteiger partial charge in [-0.2, -0.15) is 0 Å². The van der Waals surface area contributed by atoms with Gasteiger partial charge in [0, 0.05) is 23.5 Å². The summed E-state index contributed by atoms with van der Waals surface area (Å²) in [5.41, 5.74) is 0.901. The molecule has 2 amide bonds. The zero-order valence-electron chi connectivity index (χ0n) is 19.2. The summed E-state index contributed by atoms with van der Waals surface area (Å²) in [6, 6.07) is 20.4. The Morgan fingerprint density at radius 1 is 1.00 bits per heavy atom. The maximum Gasteiger partial charge on any atom is 0.261 e. The van der Waals surface area contributed by atoms with E-state index in [9.17, 15) is 9.59 Å². The smallest absolute Gasteiger partial charge is 0.261 e. The molecule has 0 saturated heterocycles. The third-order valence-corrected chi connectivity index (χ3v) is 5.83. The quantitative estimate of drug-likeness (QED) is 0.374. The third-order valence-electron chi connectivity index (χ3n) is 5.58. The summed E-state index contributed by atoms with van der Waals surface area (Å²) in [6.45, 7) is 4.73. The van der Waals surface area contributed by atoms with Crippen molar-refractivity contribution in [2.45, 2.75) is 45.7 Å². The molecule has 5 nitrogen and oxygen atoms in total. The first-order valence-corrected chi connectivity index (χ1v) is 11.8. The van der Waals surface area contributed by atoms with Gasteiger partial charge in [0.1, 0.15) is 11.8 Å². The Balaban J connectivity index is 1.79. The number of carbonyl (C=O) groups excluding carboxylic acids is 2. The second-order valence-electron chi connectivity index (χ2n) is 7.98. The van der Waals surface area contributed by atoms with Crippen LogP contribution >= 0.6 is 11.6 Å². The third kappa shape index (κ3) is 6.72. The Kier molecular flexibility index (Phi) is 9.14. The molecule has 0 aliphatic heterocycles. The van der Waals surface area contributed by atoms with E-state index in [1.54, 1.807) is 17.0 Å². The predicted octanol–water partition coefficient (Wildman–Crippen LogP) is 5.60. The lowest BCUT2D eigenvalue weighted by Gasteiger charge is -2.30. The van der Waals surface area contributed by atoms with Gasteiger partial charge in [0.25, 0.3) is 5.91 Å². The number of unbranched alkanes of at least 4 members (excludes halogenated alkanes) is 1. The van der Waals surface area contributed by atoms with Gasteiger partial charge in [-0.25, -0.2) is 0 Å². The normalized spacial score (nSPS) is 11.7. The van der Waals surface area contributed by atoms with Crippen molar-refractivity contribution in [2.24, 2.45) is 0 Å². The molecule has 1 N–H and O–H groups in total. The molecule has 0 spiro atoms. The lowest BCUT2D eigenvalue weighted by atomic mass is 10.1. The molecule has 3 rings (SSSR count). The van der Waals surface area contributed by atoms with E-state index in [0.717, 1.165) is 29.2 Å². The number of hydrogen-bond acceptors (Lipinski definition) is 3. The van der Waals surface area contributed by atoms with Gasteiger partial charge in [0.05, 0.1) is 0 Å². The van der Waals surface area contributed by atoms with Gasteiger partial charge < -0.3 is 15.0 Å². The maximum absolute atomic E-state index is 13.4. The fourth-order valence-electron chi connectivity index (χ4n) is 3.76. The minimum atomic E-state index is -0.582. The molecule has 0 fully saturated rings. The fraction of sp³-hybridized carbons (Fsp3) is 0.333. The molecule has 174 valence electrons. The van der Waals surface area contributed by atoms with Crippen LogP contribution in [0.2, 0.25) is 5.02 Å². The highest BCUT2D eigenvalue weighted by Gasteiger charge is 2.28. The Morgan fingerprint density at radius 2 is 1.73 bits per heavy atom. The number of fused-ring (bicyclic) bond motifs is 1. The zero-order valence-corrected chi connectivity index (χ0v) is 20.0. The number of nitrogens with zero attached hydrogens (tertiary/aromatic N) is 1. The van der Waals surface area contributed by atoms with E-state index in [-0.39, 0.29) is 18.4 Å². The Bertz CT molecular complexity index is 1060. The van der Waals surface area contributed by atoms with Crippen molar-refractivity contribution in [1.29, 1.82) is 0 Å². The average molecular weight is 467 g/mol. The summed E-state index contributed by atoms with van der Waals surface area (Å²) in [4.78, 5) is 27.9. The molecule has 0 aliphatic carbocycles. The topological polar surface area (TPSA) is 58.6 Å². The number of amides is 2. The standard InChI is InChI=1S/C27H31ClN2O3/c1-3-5-17-29-27(32)24(4-2)30(18-20-13-15-22(28)16-14-20)26(31)19-33-25-12-8-10-21-9-6-7-11-23(21)25/h6-16,24H,3-5,17-19H2,1-2H3,(H,29,32)/t24-/m1/s1. The summed E-state index contributed by atoms with van der Waals surface area (Å²) >= 11 is 6.02. The van der Waals surface area contributed by atoms with Gasteiger partial charge in [-0.1, -0.05) is 80.4 Å². The Morgan fingerprint density at radius 3 is 2.45 bits per heavy atom. The molecule has 1 atom stereocenters. The van der Waals surface area contributed by atoms with Gasteiger partial charge in [-0.3, -0.25) is 9.59 Å². The molecule has 33 heavy (non-hydrogen) atoms. The molecule has 0 aliphatic rings. The first-order valence-electron chi connectivity index (χ1n) is 11.5. The van der Waals surface area contributed by atoms with Crippen LogP contribution in [0.5, 0.6) is 5.75 Å². The van der Waals surface area contributed by atoms with Crippen LogP contribution in [0.4, 0.5) is 0 Å². The van der Waals surface area contributed by atoms with Crippen molar-refractivity contribution in [3.8, 4) is 5.75 Å². The van der Waals surface area contributed by atoms with Crippen molar-refractivity contribution < 1.29 is 14.3 Å². The van der Waals surface area contributed by atoms with Crippen molar-refractivity contribution >= 4 is 34.2 Å². The van der Waals surface area contributed by atoms with E-state index in [1.165, 1.54) is 0 Å². The van der Waals surface area contributed by atoms with Crippen molar-refractivity contribution in [2.75, 3.05) is 13.2 Å². The van der Waals surface area contributed by atoms with Gasteiger partial charge >= 0.3 is 0 Å². The number of halogens is 1. The lowest BCUT2D eigenvalue weighted by Crippen LogP contribution is -2.50. The van der Waals surface area contributed by atoms with E-state index in [4.69, 9.17) is 16.3 Å². The molecule has 0 unspecified atom stereocenters. The first-order chi connectivity index (χ1) is 16.0. The van der Waals surface area contributed by atoms with Crippen LogP contribution in [0.1, 0.15) is 38.7 Å². The number of benzene rings is 3. The van der Waals surface area contributed by atoms with Gasteiger partial charge in [-0.15, -0.1) is 0 Å². The monoisotopic (exact) mass is 466 g/mol. The van der Waals surface area contributed by atoms with E-state index >= 15 is 0 Å². The number of carbonyl (C=O) groups is 2. The minimum absolute atomic E-state index is 0.140. The lowest BCUT2D eigenvalue weighted by molar-refractivity contribution is -0.142. The van der Waals surface area contributed by atoms with E-state index in [1.807, 2.05) is 61.5 Å². The van der Waals surface area contributed by atoms with Crippen LogP contribution in [0.25, 0.3) is 10.8 Å². The predicted molar refractivity (Wildman–Crippen MR) is 133 cm³/mol. The molecule has 0 aromatic heterocycles. The summed E-state index contributed by atoms with van der Waals surface area (Å²) in [5, 5.41) is 5.58. The molecule has 0 saturated carbocycles. The SMILES string of the molecule is CCCCNC(=O)[C@@H](CC)N(Cc1ccc(Cl)cc1)C(=O)COc1cccc2ccccc12. The molecular weight excluding hydrogens is 436 g/mol. The molecule has 0 radical (unpaired) electrons. The molecule has 3 aromatic rings. The fourth-order valence-corrected chi connectivity index (χ4v) is 3.88. The van der Waals surface area contributed by atoms with Crippen molar-refractivity contribution in [1.82, 2.24) is 10.2 Å². The van der Waals surface area contributed by atoms with Crippen LogP contribution in [0.3, 0.4) is 0 Å². The highest BCUT2D eigenvalue weighted by Crippen LogP contribution is 2.25. The van der Waals surface area contributed by atoms with Gasteiger partial charge in [0.2, 0.25) is 5.91 Å². The maximum atomic E-state index is 13.4. The van der Waals surface area contributed by atoms with Crippen LogP contribution in [-0.4, -0.2) is 35.9 Å². The van der Waals surface area contributed by atoms with E-state index in [0.29, 0.717) is 30.3 Å². The van der Waals surface area contributed by atoms with Crippen LogP contribution in [0, 0.1) is 0 Å².